The fourth-order valence-electron chi connectivity index (χ4n) is 2.84. The van der Waals surface area contributed by atoms with E-state index in [4.69, 9.17) is 11.6 Å². The first kappa shape index (κ1) is 18.3. The zero-order valence-corrected chi connectivity index (χ0v) is 16.6. The van der Waals surface area contributed by atoms with Crippen molar-refractivity contribution < 1.29 is 4.79 Å². The Bertz CT molecular complexity index is 1130. The molecule has 0 spiro atoms. The van der Waals surface area contributed by atoms with E-state index in [9.17, 15) is 4.79 Å². The minimum absolute atomic E-state index is 0.340. The van der Waals surface area contributed by atoms with Crippen LogP contribution in [-0.2, 0) is 0 Å². The van der Waals surface area contributed by atoms with Gasteiger partial charge in [0.1, 0.15) is 10.6 Å². The summed E-state index contributed by atoms with van der Waals surface area (Å²) in [6.07, 6.45) is 1.70. The highest BCUT2D eigenvalue weighted by Crippen LogP contribution is 2.35. The molecular weight excluding hydrogens is 390 g/mol. The summed E-state index contributed by atoms with van der Waals surface area (Å²) < 4.78 is 0.979. The van der Waals surface area contributed by atoms with Crippen molar-refractivity contribution in [3.63, 3.8) is 0 Å². The first-order valence-corrected chi connectivity index (χ1v) is 9.86. The van der Waals surface area contributed by atoms with Gasteiger partial charge in [-0.15, -0.1) is 11.3 Å². The van der Waals surface area contributed by atoms with Gasteiger partial charge in [-0.2, -0.15) is 5.10 Å². The predicted octanol–water partition coefficient (Wildman–Crippen LogP) is 5.44. The van der Waals surface area contributed by atoms with Crippen LogP contribution in [-0.4, -0.2) is 16.6 Å². The van der Waals surface area contributed by atoms with Crippen LogP contribution in [0.3, 0.4) is 0 Å². The number of aromatic nitrogens is 1. The maximum Gasteiger partial charge on any atom is 0.283 e. The van der Waals surface area contributed by atoms with Crippen LogP contribution in [0.15, 0.2) is 78.0 Å². The second-order valence-corrected chi connectivity index (χ2v) is 7.66. The number of aryl methyl sites for hydroxylation is 1. The van der Waals surface area contributed by atoms with Gasteiger partial charge in [-0.3, -0.25) is 9.78 Å². The number of halogens is 1. The van der Waals surface area contributed by atoms with E-state index in [2.05, 4.69) is 15.5 Å². The summed E-state index contributed by atoms with van der Waals surface area (Å²) in [5.41, 5.74) is 5.89. The van der Waals surface area contributed by atoms with Gasteiger partial charge in [0.25, 0.3) is 5.91 Å². The molecule has 0 saturated heterocycles. The first-order chi connectivity index (χ1) is 13.6. The van der Waals surface area contributed by atoms with Crippen molar-refractivity contribution in [1.82, 2.24) is 10.4 Å². The Hall–Kier alpha value is -3.02. The van der Waals surface area contributed by atoms with E-state index in [1.807, 2.05) is 73.7 Å². The molecule has 28 heavy (non-hydrogen) atoms. The minimum Gasteiger partial charge on any atom is -0.266 e. The van der Waals surface area contributed by atoms with Gasteiger partial charge >= 0.3 is 0 Å². The molecule has 0 atom stereocenters. The predicted molar refractivity (Wildman–Crippen MR) is 115 cm³/mol. The number of amides is 1. The quantitative estimate of drug-likeness (QED) is 0.363. The highest BCUT2D eigenvalue weighted by Gasteiger charge is 2.17. The number of rotatable bonds is 4. The van der Waals surface area contributed by atoms with E-state index in [0.717, 1.165) is 21.2 Å². The van der Waals surface area contributed by atoms with Crippen LogP contribution in [0.5, 0.6) is 0 Å². The summed E-state index contributed by atoms with van der Waals surface area (Å²) in [4.78, 5) is 17.6. The SMILES string of the molecule is Cc1ccc2c(Cl)c(C(=O)NN=C(c3ccccc3)c3ccccn3)sc2c1. The number of benzene rings is 2. The summed E-state index contributed by atoms with van der Waals surface area (Å²) in [7, 11) is 0. The van der Waals surface area contributed by atoms with E-state index in [1.165, 1.54) is 11.3 Å². The average Bonchev–Trinajstić information content (AvgIpc) is 3.05. The normalized spacial score (nSPS) is 11.6. The number of carbonyl (C=O) groups excluding carboxylic acids is 1. The molecule has 0 saturated carbocycles. The number of fused-ring (bicyclic) bond motifs is 1. The molecule has 0 radical (unpaired) electrons. The number of hydrogen-bond donors (Lipinski definition) is 1. The van der Waals surface area contributed by atoms with Crippen molar-refractivity contribution in [2.45, 2.75) is 6.92 Å². The molecule has 0 bridgehead atoms. The van der Waals surface area contributed by atoms with Crippen LogP contribution in [0.2, 0.25) is 5.02 Å². The molecular formula is C22H16ClN3OS. The number of hydrazone groups is 1. The molecule has 4 rings (SSSR count). The largest absolute Gasteiger partial charge is 0.283 e. The molecule has 2 aromatic carbocycles. The second kappa shape index (κ2) is 7.92. The molecule has 4 nitrogen and oxygen atoms in total. The van der Waals surface area contributed by atoms with Crippen LogP contribution in [0, 0.1) is 6.92 Å². The second-order valence-electron chi connectivity index (χ2n) is 6.23. The van der Waals surface area contributed by atoms with Crippen molar-refractivity contribution in [3.05, 3.63) is 99.6 Å². The number of pyridine rings is 1. The highest BCUT2D eigenvalue weighted by atomic mass is 35.5. The summed E-state index contributed by atoms with van der Waals surface area (Å²) in [6, 6.07) is 21.1. The lowest BCUT2D eigenvalue weighted by atomic mass is 10.1. The summed E-state index contributed by atoms with van der Waals surface area (Å²) in [5.74, 6) is -0.340. The Morgan fingerprint density at radius 1 is 1.07 bits per heavy atom. The molecule has 6 heteroatoms. The highest BCUT2D eigenvalue weighted by molar-refractivity contribution is 7.21. The van der Waals surface area contributed by atoms with Gasteiger partial charge in [-0.25, -0.2) is 5.43 Å². The Labute approximate surface area is 171 Å². The fourth-order valence-corrected chi connectivity index (χ4v) is 4.35. The molecule has 1 amide bonds. The van der Waals surface area contributed by atoms with Crippen molar-refractivity contribution in [3.8, 4) is 0 Å². The van der Waals surface area contributed by atoms with Crippen molar-refractivity contribution in [1.29, 1.82) is 0 Å². The Balaban J connectivity index is 1.69. The van der Waals surface area contributed by atoms with Crippen molar-refractivity contribution >= 4 is 44.6 Å². The lowest BCUT2D eigenvalue weighted by molar-refractivity contribution is 0.0959. The number of thiophene rings is 1. The molecule has 4 aromatic rings. The van der Waals surface area contributed by atoms with Gasteiger partial charge < -0.3 is 0 Å². The zero-order chi connectivity index (χ0) is 19.5. The van der Waals surface area contributed by atoms with E-state index in [0.29, 0.717) is 21.3 Å². The van der Waals surface area contributed by atoms with Crippen LogP contribution in [0.25, 0.3) is 10.1 Å². The molecule has 0 unspecified atom stereocenters. The van der Waals surface area contributed by atoms with E-state index >= 15 is 0 Å². The van der Waals surface area contributed by atoms with Crippen LogP contribution in [0.1, 0.15) is 26.5 Å². The Morgan fingerprint density at radius 2 is 1.86 bits per heavy atom. The summed E-state index contributed by atoms with van der Waals surface area (Å²) >= 11 is 7.80. The standard InChI is InChI=1S/C22H16ClN3OS/c1-14-10-11-16-18(13-14)28-21(19(16)23)22(27)26-25-20(15-7-3-2-4-8-15)17-9-5-6-12-24-17/h2-13H,1H3,(H,26,27). The van der Waals surface area contributed by atoms with Gasteiger partial charge in [0.15, 0.2) is 0 Å². The Kier molecular flexibility index (Phi) is 5.19. The topological polar surface area (TPSA) is 54.4 Å². The van der Waals surface area contributed by atoms with E-state index in [-0.39, 0.29) is 5.91 Å². The monoisotopic (exact) mass is 405 g/mol. The average molecular weight is 406 g/mol. The number of carbonyl (C=O) groups is 1. The Morgan fingerprint density at radius 3 is 2.61 bits per heavy atom. The molecule has 1 N–H and O–H groups in total. The smallest absolute Gasteiger partial charge is 0.266 e. The first-order valence-electron chi connectivity index (χ1n) is 8.67. The summed E-state index contributed by atoms with van der Waals surface area (Å²) in [6.45, 7) is 2.01. The molecule has 0 aliphatic carbocycles. The third-order valence-electron chi connectivity index (χ3n) is 4.22. The van der Waals surface area contributed by atoms with Crippen LogP contribution >= 0.6 is 22.9 Å². The van der Waals surface area contributed by atoms with Gasteiger partial charge in [0.05, 0.1) is 10.7 Å². The maximum atomic E-state index is 12.8. The third kappa shape index (κ3) is 3.67. The molecule has 2 heterocycles. The van der Waals surface area contributed by atoms with E-state index in [1.54, 1.807) is 6.20 Å². The number of hydrogen-bond acceptors (Lipinski definition) is 4. The van der Waals surface area contributed by atoms with Gasteiger partial charge in [-0.05, 0) is 30.7 Å². The number of nitrogens with one attached hydrogen (secondary N) is 1. The van der Waals surface area contributed by atoms with Gasteiger partial charge in [-0.1, -0.05) is 60.1 Å². The molecule has 2 aromatic heterocycles. The molecule has 0 aliphatic heterocycles. The number of nitrogens with zero attached hydrogens (tertiary/aromatic N) is 2. The van der Waals surface area contributed by atoms with E-state index < -0.39 is 0 Å². The lowest BCUT2D eigenvalue weighted by Crippen LogP contribution is -2.20. The van der Waals surface area contributed by atoms with Gasteiger partial charge in [0.2, 0.25) is 0 Å². The van der Waals surface area contributed by atoms with Gasteiger partial charge in [0, 0.05) is 21.8 Å². The summed E-state index contributed by atoms with van der Waals surface area (Å²) in [5, 5.41) is 5.70. The lowest BCUT2D eigenvalue weighted by Gasteiger charge is -2.06. The molecule has 0 fully saturated rings. The van der Waals surface area contributed by atoms with Crippen LogP contribution in [0.4, 0.5) is 0 Å². The third-order valence-corrected chi connectivity index (χ3v) is 5.87. The maximum absolute atomic E-state index is 12.8. The molecule has 0 aliphatic rings. The zero-order valence-electron chi connectivity index (χ0n) is 15.0. The van der Waals surface area contributed by atoms with Crippen LogP contribution < -0.4 is 5.43 Å². The van der Waals surface area contributed by atoms with Crippen molar-refractivity contribution in [2.24, 2.45) is 5.10 Å². The minimum atomic E-state index is -0.340. The molecule has 138 valence electrons. The fraction of sp³-hybridized carbons (Fsp3) is 0.0455. The van der Waals surface area contributed by atoms with Crippen molar-refractivity contribution in [2.75, 3.05) is 0 Å².